The molecule has 25 heavy (non-hydrogen) atoms. The zero-order chi connectivity index (χ0) is 18.1. The molecule has 2 heterocycles. The Morgan fingerprint density at radius 3 is 2.72 bits per heavy atom. The van der Waals surface area contributed by atoms with Crippen molar-refractivity contribution in [2.75, 3.05) is 0 Å². The number of hydrogen-bond acceptors (Lipinski definition) is 7. The molecule has 0 spiro atoms. The monoisotopic (exact) mass is 344 g/mol. The fourth-order valence-corrected chi connectivity index (χ4v) is 4.12. The summed E-state index contributed by atoms with van der Waals surface area (Å²) in [6.07, 6.45) is 0.605. The molecule has 4 rings (SSSR count). The topological polar surface area (TPSA) is 114 Å². The van der Waals surface area contributed by atoms with Crippen LogP contribution in [0.5, 0.6) is 11.5 Å². The number of benzene rings is 1. The van der Waals surface area contributed by atoms with Crippen LogP contribution in [0.3, 0.4) is 0 Å². The van der Waals surface area contributed by atoms with Gasteiger partial charge in [-0.15, -0.1) is 0 Å². The van der Waals surface area contributed by atoms with Crippen molar-refractivity contribution in [3.8, 4) is 11.5 Å². The molecule has 1 aliphatic heterocycles. The number of aliphatic hydroxyl groups is 1. The largest absolute Gasteiger partial charge is 0.506 e. The standard InChI is InChI=1S/C18H16O7/c1-8(19)10-5-6-17(2)18(10,23)16(22)14-12(25-17)7-11-9(15(14)21)3-4-13(20)24-11/h3-4,7,10,21,23H,5-6H2,1-2H3. The summed E-state index contributed by atoms with van der Waals surface area (Å²) in [5.74, 6) is -2.37. The normalized spacial score (nSPS) is 30.7. The van der Waals surface area contributed by atoms with Crippen molar-refractivity contribution in [2.45, 2.75) is 37.9 Å². The van der Waals surface area contributed by atoms with Crippen molar-refractivity contribution in [1.29, 1.82) is 0 Å². The zero-order valence-corrected chi connectivity index (χ0v) is 13.7. The summed E-state index contributed by atoms with van der Waals surface area (Å²) < 4.78 is 10.9. The maximum atomic E-state index is 13.1. The number of ketones is 2. The molecule has 130 valence electrons. The first-order chi connectivity index (χ1) is 11.7. The Labute approximate surface area is 141 Å². The molecule has 2 aliphatic rings. The minimum atomic E-state index is -2.05. The molecule has 0 saturated heterocycles. The molecule has 1 fully saturated rings. The lowest BCUT2D eigenvalue weighted by molar-refractivity contribution is -0.137. The number of rotatable bonds is 1. The van der Waals surface area contributed by atoms with E-state index in [4.69, 9.17) is 9.15 Å². The van der Waals surface area contributed by atoms with E-state index < -0.39 is 34.3 Å². The summed E-state index contributed by atoms with van der Waals surface area (Å²) in [6, 6.07) is 3.81. The highest BCUT2D eigenvalue weighted by molar-refractivity contribution is 6.14. The molecule has 1 aromatic heterocycles. The first-order valence-electron chi connectivity index (χ1n) is 7.95. The number of phenolic OH excluding ortho intramolecular Hbond substituents is 1. The maximum Gasteiger partial charge on any atom is 0.336 e. The van der Waals surface area contributed by atoms with Gasteiger partial charge >= 0.3 is 5.63 Å². The Bertz CT molecular complexity index is 1000. The second kappa shape index (κ2) is 4.70. The molecule has 3 unspecified atom stereocenters. The average molecular weight is 344 g/mol. The first kappa shape index (κ1) is 15.8. The highest BCUT2D eigenvalue weighted by Crippen LogP contribution is 2.54. The van der Waals surface area contributed by atoms with Gasteiger partial charge in [0.1, 0.15) is 34.0 Å². The Morgan fingerprint density at radius 1 is 1.32 bits per heavy atom. The van der Waals surface area contributed by atoms with Crippen molar-refractivity contribution in [2.24, 2.45) is 5.92 Å². The summed E-state index contributed by atoms with van der Waals surface area (Å²) in [7, 11) is 0. The lowest BCUT2D eigenvalue weighted by Crippen LogP contribution is -2.63. The van der Waals surface area contributed by atoms with E-state index >= 15 is 0 Å². The fraction of sp³-hybridized carbons (Fsp3) is 0.389. The van der Waals surface area contributed by atoms with Gasteiger partial charge in [-0.2, -0.15) is 0 Å². The Hall–Kier alpha value is -2.67. The van der Waals surface area contributed by atoms with Gasteiger partial charge in [-0.1, -0.05) is 0 Å². The SMILES string of the molecule is CC(=O)C1CCC2(C)Oc3cc4oc(=O)ccc4c(O)c3C(=O)C12O. The third-order valence-electron chi connectivity index (χ3n) is 5.48. The lowest BCUT2D eigenvalue weighted by Gasteiger charge is -2.44. The van der Waals surface area contributed by atoms with E-state index in [2.05, 4.69) is 0 Å². The third kappa shape index (κ3) is 1.81. The van der Waals surface area contributed by atoms with Crippen LogP contribution >= 0.6 is 0 Å². The number of fused-ring (bicyclic) bond motifs is 3. The predicted molar refractivity (Wildman–Crippen MR) is 85.9 cm³/mol. The first-order valence-corrected chi connectivity index (χ1v) is 7.95. The van der Waals surface area contributed by atoms with Crippen molar-refractivity contribution >= 4 is 22.5 Å². The van der Waals surface area contributed by atoms with Gasteiger partial charge in [-0.05, 0) is 32.8 Å². The maximum absolute atomic E-state index is 13.1. The van der Waals surface area contributed by atoms with E-state index in [9.17, 15) is 24.6 Å². The third-order valence-corrected chi connectivity index (χ3v) is 5.48. The Morgan fingerprint density at radius 2 is 2.04 bits per heavy atom. The Kier molecular flexibility index (Phi) is 2.97. The van der Waals surface area contributed by atoms with Crippen molar-refractivity contribution in [3.63, 3.8) is 0 Å². The number of ether oxygens (including phenoxy) is 1. The van der Waals surface area contributed by atoms with Crippen LogP contribution in [0.25, 0.3) is 11.0 Å². The molecular weight excluding hydrogens is 328 g/mol. The van der Waals surface area contributed by atoms with E-state index in [-0.39, 0.29) is 28.1 Å². The lowest BCUT2D eigenvalue weighted by atomic mass is 9.72. The van der Waals surface area contributed by atoms with Gasteiger partial charge in [0.05, 0.1) is 11.3 Å². The summed E-state index contributed by atoms with van der Waals surface area (Å²) in [5.41, 5.74) is -4.08. The number of carbonyl (C=O) groups is 2. The second-order valence-corrected chi connectivity index (χ2v) is 6.89. The van der Waals surface area contributed by atoms with Gasteiger partial charge in [-0.25, -0.2) is 4.79 Å². The van der Waals surface area contributed by atoms with Crippen LogP contribution in [0.4, 0.5) is 0 Å². The molecule has 2 N–H and O–H groups in total. The molecular formula is C18H16O7. The molecule has 0 radical (unpaired) electrons. The summed E-state index contributed by atoms with van der Waals surface area (Å²) >= 11 is 0. The van der Waals surface area contributed by atoms with E-state index in [0.29, 0.717) is 12.8 Å². The summed E-state index contributed by atoms with van der Waals surface area (Å²) in [5, 5.41) is 21.9. The van der Waals surface area contributed by atoms with Crippen molar-refractivity contribution in [3.05, 3.63) is 34.2 Å². The number of aromatic hydroxyl groups is 1. The van der Waals surface area contributed by atoms with Gasteiger partial charge in [0.25, 0.3) is 0 Å². The van der Waals surface area contributed by atoms with Gasteiger partial charge in [0, 0.05) is 12.1 Å². The highest BCUT2D eigenvalue weighted by atomic mass is 16.5. The predicted octanol–water partition coefficient (Wildman–Crippen LogP) is 1.56. The number of phenols is 1. The molecule has 1 aliphatic carbocycles. The van der Waals surface area contributed by atoms with E-state index in [0.717, 1.165) is 6.07 Å². The molecule has 0 amide bonds. The van der Waals surface area contributed by atoms with Crippen LogP contribution in [0, 0.1) is 5.92 Å². The van der Waals surface area contributed by atoms with Crippen LogP contribution in [0.1, 0.15) is 37.0 Å². The van der Waals surface area contributed by atoms with Gasteiger partial charge in [0.15, 0.2) is 5.60 Å². The van der Waals surface area contributed by atoms with Crippen LogP contribution in [-0.4, -0.2) is 33.0 Å². The summed E-state index contributed by atoms with van der Waals surface area (Å²) in [4.78, 5) is 36.5. The summed E-state index contributed by atoms with van der Waals surface area (Å²) in [6.45, 7) is 2.89. The van der Waals surface area contributed by atoms with Crippen LogP contribution < -0.4 is 10.4 Å². The smallest absolute Gasteiger partial charge is 0.336 e. The number of Topliss-reactive ketones (excluding diaryl/α,β-unsaturated/α-hetero) is 2. The Balaban J connectivity index is 2.02. The van der Waals surface area contributed by atoms with E-state index in [1.54, 1.807) is 6.92 Å². The van der Waals surface area contributed by atoms with Gasteiger partial charge in [-0.3, -0.25) is 9.59 Å². The second-order valence-electron chi connectivity index (χ2n) is 6.89. The molecule has 1 aromatic carbocycles. The minimum Gasteiger partial charge on any atom is -0.506 e. The minimum absolute atomic E-state index is 0.0285. The molecule has 1 saturated carbocycles. The number of carbonyl (C=O) groups excluding carboxylic acids is 2. The molecule has 2 aromatic rings. The number of hydrogen-bond donors (Lipinski definition) is 2. The fourth-order valence-electron chi connectivity index (χ4n) is 4.12. The highest BCUT2D eigenvalue weighted by Gasteiger charge is 2.67. The van der Waals surface area contributed by atoms with Gasteiger partial charge in [0.2, 0.25) is 5.78 Å². The quantitative estimate of drug-likeness (QED) is 0.755. The van der Waals surface area contributed by atoms with Crippen molar-refractivity contribution in [1.82, 2.24) is 0 Å². The zero-order valence-electron chi connectivity index (χ0n) is 13.7. The van der Waals surface area contributed by atoms with Crippen LogP contribution in [-0.2, 0) is 4.79 Å². The molecule has 3 atom stereocenters. The van der Waals surface area contributed by atoms with Crippen LogP contribution in [0.15, 0.2) is 27.4 Å². The average Bonchev–Trinajstić information content (AvgIpc) is 2.80. The van der Waals surface area contributed by atoms with E-state index in [1.807, 2.05) is 0 Å². The van der Waals surface area contributed by atoms with E-state index in [1.165, 1.54) is 19.1 Å². The van der Waals surface area contributed by atoms with Crippen LogP contribution in [0.2, 0.25) is 0 Å². The molecule has 7 heteroatoms. The van der Waals surface area contributed by atoms with Gasteiger partial charge < -0.3 is 19.4 Å². The van der Waals surface area contributed by atoms with Crippen molar-refractivity contribution < 1.29 is 29.0 Å². The molecule has 0 bridgehead atoms. The molecule has 7 nitrogen and oxygen atoms in total.